The third-order valence-corrected chi connectivity index (χ3v) is 10.4. The number of anilines is 1. The number of rotatable bonds is 8. The smallest absolute Gasteiger partial charge is 0.314 e. The van der Waals surface area contributed by atoms with Crippen molar-refractivity contribution >= 4 is 67.7 Å². The third-order valence-electron chi connectivity index (χ3n) is 9.42. The highest BCUT2D eigenvalue weighted by Gasteiger charge is 2.45. The topological polar surface area (TPSA) is 180 Å². The molecule has 244 valence electrons. The highest BCUT2D eigenvalue weighted by atomic mass is 32.1. The summed E-state index contributed by atoms with van der Waals surface area (Å²) in [5.74, 6) is -4.39. The van der Waals surface area contributed by atoms with Crippen LogP contribution in [0.25, 0.3) is 10.2 Å². The molecule has 2 heterocycles. The molecule has 2 fully saturated rings. The number of aromatic nitrogens is 1. The SMILES string of the molecule is CC(=O)C1CCC(C(=O)Oc2ccc(OC(=O)C3CCC(C(C)=O)CC3)c3c2C(=O)N(c2nc4cc([N+](=O)[O-])ccc4s2)C3=O)CC1. The van der Waals surface area contributed by atoms with Crippen molar-refractivity contribution < 1.29 is 43.2 Å². The number of hydrogen-bond acceptors (Lipinski definition) is 12. The molecule has 6 rings (SSSR count). The Bertz CT molecular complexity index is 1760. The molecule has 1 aliphatic heterocycles. The summed E-state index contributed by atoms with van der Waals surface area (Å²) >= 11 is 0.963. The summed E-state index contributed by atoms with van der Waals surface area (Å²) in [5, 5.41) is 11.2. The Morgan fingerprint density at radius 1 is 0.766 bits per heavy atom. The lowest BCUT2D eigenvalue weighted by Gasteiger charge is -2.26. The van der Waals surface area contributed by atoms with Crippen LogP contribution in [0.2, 0.25) is 0 Å². The van der Waals surface area contributed by atoms with Crippen molar-refractivity contribution in [3.05, 3.63) is 51.6 Å². The number of ether oxygens (including phenoxy) is 2. The Kier molecular flexibility index (Phi) is 8.70. The predicted molar refractivity (Wildman–Crippen MR) is 167 cm³/mol. The number of amides is 2. The molecular weight excluding hydrogens is 630 g/mol. The number of thiazole rings is 1. The lowest BCUT2D eigenvalue weighted by atomic mass is 9.80. The molecule has 3 aromatic rings. The minimum Gasteiger partial charge on any atom is -0.425 e. The van der Waals surface area contributed by atoms with Gasteiger partial charge in [-0.25, -0.2) is 9.88 Å². The number of nitrogens with zero attached hydrogens (tertiary/aromatic N) is 3. The van der Waals surface area contributed by atoms with Gasteiger partial charge in [0.25, 0.3) is 17.5 Å². The average Bonchev–Trinajstić information content (AvgIpc) is 3.59. The number of imide groups is 1. The molecule has 2 amide bonds. The molecule has 0 bridgehead atoms. The number of esters is 2. The number of benzene rings is 2. The minimum atomic E-state index is -0.860. The van der Waals surface area contributed by atoms with E-state index < -0.39 is 40.5 Å². The van der Waals surface area contributed by atoms with Crippen molar-refractivity contribution in [2.24, 2.45) is 23.7 Å². The van der Waals surface area contributed by atoms with Gasteiger partial charge in [0.2, 0.25) is 5.13 Å². The van der Waals surface area contributed by atoms with E-state index in [1.54, 1.807) is 0 Å². The lowest BCUT2D eigenvalue weighted by molar-refractivity contribution is -0.384. The van der Waals surface area contributed by atoms with Gasteiger partial charge in [-0.3, -0.25) is 38.9 Å². The molecule has 1 aromatic heterocycles. The number of hydrogen-bond donors (Lipinski definition) is 0. The van der Waals surface area contributed by atoms with E-state index >= 15 is 0 Å². The molecular formula is C33H31N3O10S. The van der Waals surface area contributed by atoms with Crippen molar-refractivity contribution in [2.75, 3.05) is 4.90 Å². The lowest BCUT2D eigenvalue weighted by Crippen LogP contribution is -2.30. The van der Waals surface area contributed by atoms with Gasteiger partial charge in [0.1, 0.15) is 23.1 Å². The van der Waals surface area contributed by atoms with E-state index in [1.165, 1.54) is 44.2 Å². The number of Topliss-reactive ketones (excluding diaryl/α,β-unsaturated/α-hetero) is 2. The molecule has 2 saturated carbocycles. The van der Waals surface area contributed by atoms with E-state index in [0.717, 1.165) is 16.2 Å². The Balaban J connectivity index is 1.32. The normalized spacial score (nSPS) is 22.6. The summed E-state index contributed by atoms with van der Waals surface area (Å²) in [4.78, 5) is 93.8. The van der Waals surface area contributed by atoms with E-state index in [0.29, 0.717) is 56.1 Å². The Labute approximate surface area is 272 Å². The molecule has 0 spiro atoms. The number of nitro groups is 1. The van der Waals surface area contributed by atoms with E-state index in [1.807, 2.05) is 0 Å². The van der Waals surface area contributed by atoms with Gasteiger partial charge in [-0.2, -0.15) is 0 Å². The Morgan fingerprint density at radius 2 is 1.21 bits per heavy atom. The molecule has 14 heteroatoms. The standard InChI is InChI=1S/C33H31N3O10S/c1-16(37)18-3-7-20(8-4-18)31(41)45-24-12-13-25(46-32(42)21-9-5-19(6-10-21)17(2)38)28-27(24)29(39)35(30(28)40)33-34-23-15-22(36(43)44)11-14-26(23)47-33/h11-15,18-21H,3-10H2,1-2H3. The summed E-state index contributed by atoms with van der Waals surface area (Å²) in [6.07, 6.45) is 3.89. The second-order valence-corrected chi connectivity index (χ2v) is 13.3. The molecule has 0 atom stereocenters. The maximum atomic E-state index is 14.0. The summed E-state index contributed by atoms with van der Waals surface area (Å²) in [6.45, 7) is 3.05. The number of carbonyl (C=O) groups is 6. The predicted octanol–water partition coefficient (Wildman–Crippen LogP) is 5.61. The molecule has 2 aliphatic carbocycles. The number of nitro benzene ring substituents is 1. The zero-order chi connectivity index (χ0) is 33.6. The fraction of sp³-hybridized carbons (Fsp3) is 0.424. The second-order valence-electron chi connectivity index (χ2n) is 12.3. The van der Waals surface area contributed by atoms with E-state index in [4.69, 9.17) is 9.47 Å². The van der Waals surface area contributed by atoms with Crippen LogP contribution in [0.1, 0.15) is 85.9 Å². The van der Waals surface area contributed by atoms with Crippen molar-refractivity contribution in [3.8, 4) is 11.5 Å². The minimum absolute atomic E-state index is 0.0636. The van der Waals surface area contributed by atoms with Crippen LogP contribution in [0, 0.1) is 33.8 Å². The molecule has 0 N–H and O–H groups in total. The number of non-ortho nitro benzene ring substituents is 1. The number of fused-ring (bicyclic) bond motifs is 2. The first kappa shape index (κ1) is 32.1. The maximum absolute atomic E-state index is 14.0. The zero-order valence-corrected chi connectivity index (χ0v) is 26.5. The van der Waals surface area contributed by atoms with Crippen LogP contribution in [0.3, 0.4) is 0 Å². The first-order valence-corrected chi connectivity index (χ1v) is 16.3. The Hall–Kier alpha value is -4.85. The highest BCUT2D eigenvalue weighted by molar-refractivity contribution is 7.22. The second kappa shape index (κ2) is 12.7. The first-order chi connectivity index (χ1) is 22.4. The highest BCUT2D eigenvalue weighted by Crippen LogP contribution is 2.43. The monoisotopic (exact) mass is 661 g/mol. The van der Waals surface area contributed by atoms with Crippen molar-refractivity contribution in [1.29, 1.82) is 0 Å². The van der Waals surface area contributed by atoms with Gasteiger partial charge in [0.15, 0.2) is 0 Å². The van der Waals surface area contributed by atoms with E-state index in [2.05, 4.69) is 4.98 Å². The fourth-order valence-corrected chi connectivity index (χ4v) is 7.56. The van der Waals surface area contributed by atoms with Gasteiger partial charge in [0.05, 0.1) is 38.1 Å². The fourth-order valence-electron chi connectivity index (χ4n) is 6.62. The molecule has 47 heavy (non-hydrogen) atoms. The van der Waals surface area contributed by atoms with Crippen LogP contribution < -0.4 is 14.4 Å². The van der Waals surface area contributed by atoms with Crippen molar-refractivity contribution in [2.45, 2.75) is 65.2 Å². The molecule has 0 saturated heterocycles. The van der Waals surface area contributed by atoms with Crippen molar-refractivity contribution in [1.82, 2.24) is 4.98 Å². The van der Waals surface area contributed by atoms with Gasteiger partial charge in [-0.1, -0.05) is 11.3 Å². The molecule has 2 aromatic carbocycles. The Morgan fingerprint density at radius 3 is 1.64 bits per heavy atom. The number of carbonyl (C=O) groups excluding carboxylic acids is 6. The van der Waals surface area contributed by atoms with Crippen LogP contribution in [0.5, 0.6) is 11.5 Å². The average molecular weight is 662 g/mol. The van der Waals surface area contributed by atoms with Crippen molar-refractivity contribution in [3.63, 3.8) is 0 Å². The third kappa shape index (κ3) is 6.16. The quantitative estimate of drug-likeness (QED) is 0.0963. The summed E-state index contributed by atoms with van der Waals surface area (Å²) < 4.78 is 11.9. The summed E-state index contributed by atoms with van der Waals surface area (Å²) in [5.41, 5.74) is -0.542. The van der Waals surface area contributed by atoms with Gasteiger partial charge >= 0.3 is 11.9 Å². The van der Waals surface area contributed by atoms with Crippen LogP contribution in [0.15, 0.2) is 30.3 Å². The first-order valence-electron chi connectivity index (χ1n) is 15.5. The van der Waals surface area contributed by atoms with Crippen LogP contribution in [0.4, 0.5) is 10.8 Å². The van der Waals surface area contributed by atoms with E-state index in [-0.39, 0.29) is 62.4 Å². The maximum Gasteiger partial charge on any atom is 0.314 e. The van der Waals surface area contributed by atoms with Crippen LogP contribution in [-0.4, -0.2) is 45.2 Å². The van der Waals surface area contributed by atoms with Gasteiger partial charge < -0.3 is 9.47 Å². The number of ketones is 2. The zero-order valence-electron chi connectivity index (χ0n) is 25.7. The summed E-state index contributed by atoms with van der Waals surface area (Å²) in [7, 11) is 0. The molecule has 3 aliphatic rings. The molecule has 0 unspecified atom stereocenters. The van der Waals surface area contributed by atoms with Gasteiger partial charge in [-0.05, 0) is 83.4 Å². The van der Waals surface area contributed by atoms with E-state index in [9.17, 15) is 38.9 Å². The largest absolute Gasteiger partial charge is 0.425 e. The molecule has 13 nitrogen and oxygen atoms in total. The van der Waals surface area contributed by atoms with Gasteiger partial charge in [-0.15, -0.1) is 0 Å². The van der Waals surface area contributed by atoms with Crippen LogP contribution >= 0.6 is 11.3 Å². The molecule has 0 radical (unpaired) electrons. The van der Waals surface area contributed by atoms with Crippen LogP contribution in [-0.2, 0) is 19.2 Å². The van der Waals surface area contributed by atoms with Gasteiger partial charge in [0, 0.05) is 24.0 Å². The summed E-state index contributed by atoms with van der Waals surface area (Å²) in [6, 6.07) is 6.60.